The van der Waals surface area contributed by atoms with Crippen LogP contribution in [0.4, 0.5) is 0 Å². The van der Waals surface area contributed by atoms with E-state index in [9.17, 15) is 0 Å². The van der Waals surface area contributed by atoms with Crippen molar-refractivity contribution < 1.29 is 0 Å². The third kappa shape index (κ3) is 4.38. The summed E-state index contributed by atoms with van der Waals surface area (Å²) in [5.41, 5.74) is 2.79. The number of benzene rings is 2. The zero-order chi connectivity index (χ0) is 12.8. The molecular formula is C17H22ClN. The van der Waals surface area contributed by atoms with Crippen LogP contribution < -0.4 is 5.32 Å². The zero-order valence-electron chi connectivity index (χ0n) is 11.5. The average molecular weight is 276 g/mol. The molecule has 2 rings (SSSR count). The second-order valence-corrected chi connectivity index (χ2v) is 4.80. The van der Waals surface area contributed by atoms with E-state index in [1.54, 1.807) is 0 Å². The summed E-state index contributed by atoms with van der Waals surface area (Å²) < 4.78 is 0. The molecule has 0 aliphatic rings. The van der Waals surface area contributed by atoms with Gasteiger partial charge in [0.05, 0.1) is 0 Å². The highest BCUT2D eigenvalue weighted by Gasteiger charge is 2.16. The summed E-state index contributed by atoms with van der Waals surface area (Å²) in [4.78, 5) is 0. The highest BCUT2D eigenvalue weighted by Crippen LogP contribution is 2.28. The maximum absolute atomic E-state index is 3.33. The quantitative estimate of drug-likeness (QED) is 0.861. The molecule has 19 heavy (non-hydrogen) atoms. The van der Waals surface area contributed by atoms with Crippen LogP contribution in [0.1, 0.15) is 30.4 Å². The van der Waals surface area contributed by atoms with Crippen LogP contribution in [0.5, 0.6) is 0 Å². The lowest BCUT2D eigenvalue weighted by Gasteiger charge is -2.21. The Morgan fingerprint density at radius 1 is 0.842 bits per heavy atom. The van der Waals surface area contributed by atoms with E-state index in [0.29, 0.717) is 12.0 Å². The first-order chi connectivity index (χ1) is 8.81. The predicted molar refractivity (Wildman–Crippen MR) is 85.1 cm³/mol. The number of halogens is 1. The second kappa shape index (κ2) is 7.98. The van der Waals surface area contributed by atoms with E-state index in [1.165, 1.54) is 11.1 Å². The van der Waals surface area contributed by atoms with E-state index < -0.39 is 0 Å². The van der Waals surface area contributed by atoms with Gasteiger partial charge in [-0.05, 0) is 31.5 Å². The first kappa shape index (κ1) is 15.7. The minimum Gasteiger partial charge on any atom is -0.317 e. The smallest absolute Gasteiger partial charge is 0.0104 e. The number of nitrogens with one attached hydrogen (secondary N) is 1. The lowest BCUT2D eigenvalue weighted by molar-refractivity contribution is 0.530. The lowest BCUT2D eigenvalue weighted by atomic mass is 9.86. The van der Waals surface area contributed by atoms with Crippen molar-refractivity contribution in [3.05, 3.63) is 71.8 Å². The molecule has 1 N–H and O–H groups in total. The van der Waals surface area contributed by atoms with E-state index in [1.807, 2.05) is 7.05 Å². The van der Waals surface area contributed by atoms with Gasteiger partial charge >= 0.3 is 0 Å². The Balaban J connectivity index is 0.00000180. The van der Waals surface area contributed by atoms with Crippen molar-refractivity contribution in [2.75, 3.05) is 7.05 Å². The van der Waals surface area contributed by atoms with Gasteiger partial charge in [0.25, 0.3) is 0 Å². The number of hydrogen-bond acceptors (Lipinski definition) is 1. The van der Waals surface area contributed by atoms with Gasteiger partial charge in [-0.25, -0.2) is 0 Å². The van der Waals surface area contributed by atoms with E-state index in [-0.39, 0.29) is 12.4 Å². The average Bonchev–Trinajstić information content (AvgIpc) is 2.46. The molecule has 0 fully saturated rings. The maximum atomic E-state index is 3.33. The van der Waals surface area contributed by atoms with Gasteiger partial charge in [0, 0.05) is 12.0 Å². The van der Waals surface area contributed by atoms with Crippen molar-refractivity contribution in [1.29, 1.82) is 0 Å². The molecule has 0 spiro atoms. The molecule has 0 saturated carbocycles. The molecule has 0 bridgehead atoms. The molecule has 0 aliphatic heterocycles. The van der Waals surface area contributed by atoms with Crippen molar-refractivity contribution in [2.24, 2.45) is 0 Å². The van der Waals surface area contributed by atoms with Crippen molar-refractivity contribution in [3.63, 3.8) is 0 Å². The molecule has 1 nitrogen and oxygen atoms in total. The fourth-order valence-electron chi connectivity index (χ4n) is 2.31. The molecule has 0 amide bonds. The Kier molecular flexibility index (Phi) is 6.61. The van der Waals surface area contributed by atoms with Crippen molar-refractivity contribution in [2.45, 2.75) is 25.3 Å². The van der Waals surface area contributed by atoms with Gasteiger partial charge in [0.2, 0.25) is 0 Å². The first-order valence-electron chi connectivity index (χ1n) is 6.58. The second-order valence-electron chi connectivity index (χ2n) is 4.80. The van der Waals surface area contributed by atoms with Crippen LogP contribution in [-0.2, 0) is 0 Å². The topological polar surface area (TPSA) is 12.0 Å². The molecule has 0 radical (unpaired) electrons. The normalized spacial score (nSPS) is 11.9. The van der Waals surface area contributed by atoms with Gasteiger partial charge in [-0.2, -0.15) is 0 Å². The largest absolute Gasteiger partial charge is 0.317 e. The third-order valence-electron chi connectivity index (χ3n) is 3.49. The fourth-order valence-corrected chi connectivity index (χ4v) is 2.31. The molecule has 1 atom stereocenters. The molecule has 0 saturated heterocycles. The summed E-state index contributed by atoms with van der Waals surface area (Å²) in [5.74, 6) is 0.467. The van der Waals surface area contributed by atoms with Crippen LogP contribution in [0.15, 0.2) is 60.7 Å². The minimum atomic E-state index is 0. The Labute approximate surface area is 122 Å². The van der Waals surface area contributed by atoms with Crippen LogP contribution in [0.2, 0.25) is 0 Å². The van der Waals surface area contributed by atoms with E-state index in [0.717, 1.165) is 6.42 Å². The molecule has 2 aromatic rings. The standard InChI is InChI=1S/C17H21N.ClH/c1-14(18-2)13-17(15-9-5-3-6-10-15)16-11-7-4-8-12-16;/h3-12,14,17-18H,13H2,1-2H3;1H. The van der Waals surface area contributed by atoms with Gasteiger partial charge in [0.15, 0.2) is 0 Å². The predicted octanol–water partition coefficient (Wildman–Crippen LogP) is 4.24. The summed E-state index contributed by atoms with van der Waals surface area (Å²) in [5, 5.41) is 3.33. The summed E-state index contributed by atoms with van der Waals surface area (Å²) in [6.45, 7) is 2.24. The summed E-state index contributed by atoms with van der Waals surface area (Å²) in [7, 11) is 2.03. The van der Waals surface area contributed by atoms with Crippen LogP contribution in [0.3, 0.4) is 0 Å². The van der Waals surface area contributed by atoms with E-state index in [2.05, 4.69) is 72.9 Å². The molecule has 0 aromatic heterocycles. The van der Waals surface area contributed by atoms with Crippen molar-refractivity contribution >= 4 is 12.4 Å². The summed E-state index contributed by atoms with van der Waals surface area (Å²) >= 11 is 0. The monoisotopic (exact) mass is 275 g/mol. The van der Waals surface area contributed by atoms with E-state index >= 15 is 0 Å². The lowest BCUT2D eigenvalue weighted by Crippen LogP contribution is -2.24. The van der Waals surface area contributed by atoms with Crippen LogP contribution in [0.25, 0.3) is 0 Å². The maximum Gasteiger partial charge on any atom is 0.0104 e. The fraction of sp³-hybridized carbons (Fsp3) is 0.294. The highest BCUT2D eigenvalue weighted by atomic mass is 35.5. The Morgan fingerprint density at radius 2 is 1.26 bits per heavy atom. The van der Waals surface area contributed by atoms with Gasteiger partial charge in [-0.1, -0.05) is 60.7 Å². The van der Waals surface area contributed by atoms with Crippen LogP contribution >= 0.6 is 12.4 Å². The zero-order valence-corrected chi connectivity index (χ0v) is 12.4. The Hall–Kier alpha value is -1.31. The molecule has 1 unspecified atom stereocenters. The summed E-state index contributed by atoms with van der Waals surface area (Å²) in [6.07, 6.45) is 1.12. The number of hydrogen-bond donors (Lipinski definition) is 1. The molecule has 102 valence electrons. The molecule has 2 heteroatoms. The van der Waals surface area contributed by atoms with Crippen molar-refractivity contribution in [3.8, 4) is 0 Å². The molecular weight excluding hydrogens is 254 g/mol. The molecule has 0 aliphatic carbocycles. The van der Waals surface area contributed by atoms with E-state index in [4.69, 9.17) is 0 Å². The highest BCUT2D eigenvalue weighted by molar-refractivity contribution is 5.85. The summed E-state index contributed by atoms with van der Waals surface area (Å²) in [6, 6.07) is 22.0. The first-order valence-corrected chi connectivity index (χ1v) is 6.58. The van der Waals surface area contributed by atoms with Gasteiger partial charge in [-0.15, -0.1) is 12.4 Å². The van der Waals surface area contributed by atoms with Gasteiger partial charge in [0.1, 0.15) is 0 Å². The van der Waals surface area contributed by atoms with Crippen LogP contribution in [0, 0.1) is 0 Å². The Bertz CT molecular complexity index is 416. The molecule has 0 heterocycles. The van der Waals surface area contributed by atoms with Gasteiger partial charge in [-0.3, -0.25) is 0 Å². The number of rotatable bonds is 5. The SMILES string of the molecule is CNC(C)CC(c1ccccc1)c1ccccc1.Cl. The third-order valence-corrected chi connectivity index (χ3v) is 3.49. The molecule has 2 aromatic carbocycles. The van der Waals surface area contributed by atoms with Gasteiger partial charge < -0.3 is 5.32 Å². The van der Waals surface area contributed by atoms with Crippen LogP contribution in [-0.4, -0.2) is 13.1 Å². The Morgan fingerprint density at radius 3 is 1.63 bits per heavy atom. The van der Waals surface area contributed by atoms with Crippen molar-refractivity contribution in [1.82, 2.24) is 5.32 Å². The minimum absolute atomic E-state index is 0.